The molecule has 1 aromatic rings. The largest absolute Gasteiger partial charge is 0.395 e. The summed E-state index contributed by atoms with van der Waals surface area (Å²) >= 11 is 0. The second-order valence-electron chi connectivity index (χ2n) is 7.40. The van der Waals surface area contributed by atoms with Gasteiger partial charge in [0, 0.05) is 32.0 Å². The maximum atomic E-state index is 12.4. The van der Waals surface area contributed by atoms with Crippen LogP contribution >= 0.6 is 0 Å². The van der Waals surface area contributed by atoms with Crippen LogP contribution in [0.5, 0.6) is 0 Å². The molecule has 146 valence electrons. The van der Waals surface area contributed by atoms with Crippen molar-refractivity contribution in [2.75, 3.05) is 26.2 Å². The van der Waals surface area contributed by atoms with E-state index in [2.05, 4.69) is 22.4 Å². The third-order valence-corrected chi connectivity index (χ3v) is 5.36. The highest BCUT2D eigenvalue weighted by Gasteiger charge is 2.17. The van der Waals surface area contributed by atoms with E-state index in [1.54, 1.807) is 4.90 Å². The van der Waals surface area contributed by atoms with Crippen molar-refractivity contribution in [1.29, 1.82) is 0 Å². The quantitative estimate of drug-likeness (QED) is 0.590. The minimum atomic E-state index is -0.0241. The van der Waals surface area contributed by atoms with E-state index < -0.39 is 0 Å². The Hall–Kier alpha value is -1.62. The Kier molecular flexibility index (Phi) is 10.1. The van der Waals surface area contributed by atoms with Crippen molar-refractivity contribution < 1.29 is 9.90 Å². The first-order chi connectivity index (χ1) is 12.8. The maximum Gasteiger partial charge on any atom is 0.317 e. The Balaban J connectivity index is 1.57. The van der Waals surface area contributed by atoms with Gasteiger partial charge in [0.05, 0.1) is 6.61 Å². The van der Waals surface area contributed by atoms with Crippen LogP contribution in [0.3, 0.4) is 0 Å². The molecule has 0 unspecified atom stereocenters. The van der Waals surface area contributed by atoms with Gasteiger partial charge in [-0.05, 0) is 49.3 Å². The normalized spacial score (nSPS) is 15.0. The molecule has 0 saturated heterocycles. The number of unbranched alkanes of at least 4 members (excludes halogenated alkanes) is 2. The number of hydrogen-bond donors (Lipinski definition) is 2. The van der Waals surface area contributed by atoms with E-state index in [4.69, 9.17) is 0 Å². The standard InChI is InChI=1S/C21H35N3O2/c25-18-17-24(16-12-19-7-3-1-4-8-19)21(26)23-13-6-2-5-9-20-10-14-22-15-11-20/h10-11,14-15,19,25H,1-9,12-13,16-18H2,(H,23,26). The summed E-state index contributed by atoms with van der Waals surface area (Å²) in [6.07, 6.45) is 15.6. The number of hydrogen-bond acceptors (Lipinski definition) is 3. The average molecular weight is 362 g/mol. The van der Waals surface area contributed by atoms with Crippen LogP contribution in [-0.2, 0) is 6.42 Å². The Bertz CT molecular complexity index is 489. The fourth-order valence-electron chi connectivity index (χ4n) is 3.74. The molecule has 0 aliphatic heterocycles. The van der Waals surface area contributed by atoms with E-state index in [0.29, 0.717) is 13.1 Å². The van der Waals surface area contributed by atoms with Crippen LogP contribution in [0.15, 0.2) is 24.5 Å². The van der Waals surface area contributed by atoms with E-state index in [9.17, 15) is 9.90 Å². The van der Waals surface area contributed by atoms with Crippen LogP contribution in [0.25, 0.3) is 0 Å². The van der Waals surface area contributed by atoms with Crippen LogP contribution in [0.2, 0.25) is 0 Å². The van der Waals surface area contributed by atoms with E-state index in [0.717, 1.165) is 44.6 Å². The van der Waals surface area contributed by atoms with Crippen molar-refractivity contribution in [3.8, 4) is 0 Å². The molecule has 1 fully saturated rings. The fourth-order valence-corrected chi connectivity index (χ4v) is 3.74. The molecular weight excluding hydrogens is 326 g/mol. The summed E-state index contributed by atoms with van der Waals surface area (Å²) in [4.78, 5) is 18.2. The number of aromatic nitrogens is 1. The van der Waals surface area contributed by atoms with Crippen LogP contribution in [0.4, 0.5) is 4.79 Å². The second-order valence-corrected chi connectivity index (χ2v) is 7.40. The third kappa shape index (κ3) is 8.17. The molecule has 0 atom stereocenters. The number of carbonyl (C=O) groups excluding carboxylic acids is 1. The molecule has 2 amide bonds. The summed E-state index contributed by atoms with van der Waals surface area (Å²) in [6, 6.07) is 4.09. The number of pyridine rings is 1. The van der Waals surface area contributed by atoms with E-state index in [1.165, 1.54) is 37.7 Å². The van der Waals surface area contributed by atoms with Crippen LogP contribution in [0.1, 0.15) is 63.4 Å². The van der Waals surface area contributed by atoms with Crippen LogP contribution < -0.4 is 5.32 Å². The van der Waals surface area contributed by atoms with Crippen molar-refractivity contribution in [2.45, 2.75) is 64.2 Å². The maximum absolute atomic E-state index is 12.4. The molecule has 0 aromatic carbocycles. The van der Waals surface area contributed by atoms with E-state index in [-0.39, 0.29) is 12.6 Å². The van der Waals surface area contributed by atoms with Gasteiger partial charge < -0.3 is 15.3 Å². The van der Waals surface area contributed by atoms with Gasteiger partial charge >= 0.3 is 6.03 Å². The molecular formula is C21H35N3O2. The number of nitrogens with zero attached hydrogens (tertiary/aromatic N) is 2. The predicted octanol–water partition coefficient (Wildman–Crippen LogP) is 3.77. The zero-order valence-electron chi connectivity index (χ0n) is 16.0. The van der Waals surface area contributed by atoms with Crippen LogP contribution in [0, 0.1) is 5.92 Å². The molecule has 0 bridgehead atoms. The van der Waals surface area contributed by atoms with Crippen molar-refractivity contribution in [3.63, 3.8) is 0 Å². The molecule has 2 N–H and O–H groups in total. The number of aliphatic hydroxyl groups excluding tert-OH is 1. The zero-order chi connectivity index (χ0) is 18.5. The average Bonchev–Trinajstić information content (AvgIpc) is 2.69. The van der Waals surface area contributed by atoms with Gasteiger partial charge in [-0.3, -0.25) is 4.98 Å². The minimum Gasteiger partial charge on any atom is -0.395 e. The Morgan fingerprint density at radius 3 is 2.62 bits per heavy atom. The molecule has 1 aliphatic carbocycles. The first-order valence-electron chi connectivity index (χ1n) is 10.3. The zero-order valence-corrected chi connectivity index (χ0v) is 16.0. The highest BCUT2D eigenvalue weighted by Crippen LogP contribution is 2.26. The number of aryl methyl sites for hydroxylation is 1. The van der Waals surface area contributed by atoms with Gasteiger partial charge in [-0.1, -0.05) is 38.5 Å². The Morgan fingerprint density at radius 2 is 1.88 bits per heavy atom. The topological polar surface area (TPSA) is 65.5 Å². The molecule has 2 rings (SSSR count). The van der Waals surface area contributed by atoms with Crippen molar-refractivity contribution in [3.05, 3.63) is 30.1 Å². The van der Waals surface area contributed by atoms with Crippen molar-refractivity contribution in [1.82, 2.24) is 15.2 Å². The summed E-state index contributed by atoms with van der Waals surface area (Å²) in [7, 11) is 0. The van der Waals surface area contributed by atoms with E-state index in [1.807, 2.05) is 12.4 Å². The summed E-state index contributed by atoms with van der Waals surface area (Å²) in [6.45, 7) is 1.93. The molecule has 0 spiro atoms. The van der Waals surface area contributed by atoms with Gasteiger partial charge in [-0.15, -0.1) is 0 Å². The molecule has 1 saturated carbocycles. The number of carbonyl (C=O) groups is 1. The lowest BCUT2D eigenvalue weighted by Crippen LogP contribution is -2.42. The molecule has 5 heteroatoms. The summed E-state index contributed by atoms with van der Waals surface area (Å²) in [5.41, 5.74) is 1.32. The number of nitrogens with one attached hydrogen (secondary N) is 1. The van der Waals surface area contributed by atoms with Gasteiger partial charge in [-0.2, -0.15) is 0 Å². The number of amides is 2. The monoisotopic (exact) mass is 361 g/mol. The summed E-state index contributed by atoms with van der Waals surface area (Å²) in [5.74, 6) is 0.755. The second kappa shape index (κ2) is 12.7. The van der Waals surface area contributed by atoms with E-state index >= 15 is 0 Å². The minimum absolute atomic E-state index is 0.0241. The third-order valence-electron chi connectivity index (χ3n) is 5.36. The van der Waals surface area contributed by atoms with Gasteiger partial charge in [0.15, 0.2) is 0 Å². The first kappa shape index (κ1) is 20.7. The smallest absolute Gasteiger partial charge is 0.317 e. The molecule has 1 heterocycles. The molecule has 26 heavy (non-hydrogen) atoms. The lowest BCUT2D eigenvalue weighted by atomic mass is 9.87. The van der Waals surface area contributed by atoms with Crippen molar-refractivity contribution >= 4 is 6.03 Å². The fraction of sp³-hybridized carbons (Fsp3) is 0.714. The number of urea groups is 1. The van der Waals surface area contributed by atoms with Gasteiger partial charge in [-0.25, -0.2) is 4.79 Å². The molecule has 1 aliphatic rings. The predicted molar refractivity (Wildman–Crippen MR) is 105 cm³/mol. The lowest BCUT2D eigenvalue weighted by molar-refractivity contribution is 0.169. The SMILES string of the molecule is O=C(NCCCCCc1ccncc1)N(CCO)CCC1CCCCC1. The first-order valence-corrected chi connectivity index (χ1v) is 10.3. The Labute approximate surface area is 158 Å². The van der Waals surface area contributed by atoms with Crippen molar-refractivity contribution in [2.24, 2.45) is 5.92 Å². The Morgan fingerprint density at radius 1 is 1.12 bits per heavy atom. The lowest BCUT2D eigenvalue weighted by Gasteiger charge is -2.27. The highest BCUT2D eigenvalue weighted by molar-refractivity contribution is 5.74. The van der Waals surface area contributed by atoms with Gasteiger partial charge in [0.25, 0.3) is 0 Å². The van der Waals surface area contributed by atoms with Crippen LogP contribution in [-0.4, -0.2) is 47.3 Å². The molecule has 5 nitrogen and oxygen atoms in total. The summed E-state index contributed by atoms with van der Waals surface area (Å²) in [5, 5.41) is 12.3. The van der Waals surface area contributed by atoms with Gasteiger partial charge in [0.2, 0.25) is 0 Å². The molecule has 1 aromatic heterocycles. The number of aliphatic hydroxyl groups is 1. The molecule has 0 radical (unpaired) electrons. The summed E-state index contributed by atoms with van der Waals surface area (Å²) < 4.78 is 0. The highest BCUT2D eigenvalue weighted by atomic mass is 16.3. The van der Waals surface area contributed by atoms with Gasteiger partial charge in [0.1, 0.15) is 0 Å². The number of rotatable bonds is 11.